The fraction of sp³-hybridized carbons (Fsp3) is 0.167. The standard InChI is InChI=1S/C18H17NO3/c1-20-16-10-13(11-17(21-2)18(16)22-3)15-9-8-12-6-4-5-7-14(12)19-15/h4-11H,1-3H3. The van der Waals surface area contributed by atoms with Crippen LogP contribution < -0.4 is 14.2 Å². The van der Waals surface area contributed by atoms with Crippen molar-refractivity contribution in [3.05, 3.63) is 48.5 Å². The lowest BCUT2D eigenvalue weighted by atomic mass is 10.1. The Morgan fingerprint density at radius 3 is 2.09 bits per heavy atom. The van der Waals surface area contributed by atoms with Crippen molar-refractivity contribution in [3.8, 4) is 28.5 Å². The lowest BCUT2D eigenvalue weighted by molar-refractivity contribution is 0.324. The molecule has 4 heteroatoms. The molecule has 0 atom stereocenters. The van der Waals surface area contributed by atoms with Gasteiger partial charge in [0.1, 0.15) is 0 Å². The van der Waals surface area contributed by atoms with Crippen LogP contribution in [0.4, 0.5) is 0 Å². The second-order valence-corrected chi connectivity index (χ2v) is 4.80. The molecule has 0 N–H and O–H groups in total. The summed E-state index contributed by atoms with van der Waals surface area (Å²) in [5, 5.41) is 1.11. The van der Waals surface area contributed by atoms with Gasteiger partial charge in [0.25, 0.3) is 0 Å². The van der Waals surface area contributed by atoms with E-state index in [-0.39, 0.29) is 0 Å². The van der Waals surface area contributed by atoms with Crippen molar-refractivity contribution in [2.24, 2.45) is 0 Å². The van der Waals surface area contributed by atoms with E-state index in [1.165, 1.54) is 0 Å². The maximum atomic E-state index is 5.40. The third-order valence-corrected chi connectivity index (χ3v) is 3.56. The predicted molar refractivity (Wildman–Crippen MR) is 86.8 cm³/mol. The number of methoxy groups -OCH3 is 3. The number of nitrogens with zero attached hydrogens (tertiary/aromatic N) is 1. The van der Waals surface area contributed by atoms with E-state index in [1.54, 1.807) is 21.3 Å². The number of hydrogen-bond donors (Lipinski definition) is 0. The Morgan fingerprint density at radius 2 is 1.45 bits per heavy atom. The van der Waals surface area contributed by atoms with Gasteiger partial charge in [0, 0.05) is 10.9 Å². The van der Waals surface area contributed by atoms with Crippen LogP contribution in [0, 0.1) is 0 Å². The topological polar surface area (TPSA) is 40.6 Å². The maximum Gasteiger partial charge on any atom is 0.203 e. The van der Waals surface area contributed by atoms with Crippen LogP contribution in [-0.4, -0.2) is 26.3 Å². The summed E-state index contributed by atoms with van der Waals surface area (Å²) in [6.45, 7) is 0. The van der Waals surface area contributed by atoms with Crippen LogP contribution in [0.5, 0.6) is 17.2 Å². The number of para-hydroxylation sites is 1. The molecule has 0 aliphatic carbocycles. The molecule has 112 valence electrons. The van der Waals surface area contributed by atoms with E-state index in [0.29, 0.717) is 17.2 Å². The molecule has 0 aliphatic heterocycles. The summed E-state index contributed by atoms with van der Waals surface area (Å²) in [4.78, 5) is 4.70. The Kier molecular flexibility index (Phi) is 3.83. The molecule has 0 amide bonds. The summed E-state index contributed by atoms with van der Waals surface area (Å²) in [5.41, 5.74) is 2.73. The van der Waals surface area contributed by atoms with E-state index >= 15 is 0 Å². The average Bonchev–Trinajstić information content (AvgIpc) is 2.59. The molecule has 2 aromatic carbocycles. The van der Waals surface area contributed by atoms with Crippen LogP contribution in [0.3, 0.4) is 0 Å². The summed E-state index contributed by atoms with van der Waals surface area (Å²) in [6, 6.07) is 15.9. The number of fused-ring (bicyclic) bond motifs is 1. The van der Waals surface area contributed by atoms with E-state index in [2.05, 4.69) is 6.07 Å². The number of rotatable bonds is 4. The smallest absolute Gasteiger partial charge is 0.203 e. The van der Waals surface area contributed by atoms with Crippen LogP contribution in [0.2, 0.25) is 0 Å². The highest BCUT2D eigenvalue weighted by Gasteiger charge is 2.14. The molecule has 4 nitrogen and oxygen atoms in total. The highest BCUT2D eigenvalue weighted by molar-refractivity contribution is 5.82. The fourth-order valence-electron chi connectivity index (χ4n) is 2.46. The zero-order valence-corrected chi connectivity index (χ0v) is 12.8. The van der Waals surface area contributed by atoms with Crippen LogP contribution in [-0.2, 0) is 0 Å². The first-order valence-corrected chi connectivity index (χ1v) is 6.93. The van der Waals surface area contributed by atoms with Gasteiger partial charge in [-0.15, -0.1) is 0 Å². The highest BCUT2D eigenvalue weighted by Crippen LogP contribution is 2.40. The van der Waals surface area contributed by atoms with Gasteiger partial charge >= 0.3 is 0 Å². The van der Waals surface area contributed by atoms with Crippen LogP contribution in [0.1, 0.15) is 0 Å². The van der Waals surface area contributed by atoms with Gasteiger partial charge in [-0.3, -0.25) is 0 Å². The minimum atomic E-state index is 0.578. The number of aromatic nitrogens is 1. The molecule has 1 heterocycles. The Balaban J connectivity index is 2.17. The zero-order valence-electron chi connectivity index (χ0n) is 12.8. The molecule has 22 heavy (non-hydrogen) atoms. The minimum Gasteiger partial charge on any atom is -0.493 e. The Labute approximate surface area is 129 Å². The van der Waals surface area contributed by atoms with Crippen LogP contribution in [0.25, 0.3) is 22.2 Å². The normalized spacial score (nSPS) is 10.5. The van der Waals surface area contributed by atoms with Gasteiger partial charge in [-0.2, -0.15) is 0 Å². The Hall–Kier alpha value is -2.75. The van der Waals surface area contributed by atoms with Crippen molar-refractivity contribution in [2.45, 2.75) is 0 Å². The SMILES string of the molecule is COc1cc(-c2ccc3ccccc3n2)cc(OC)c1OC. The fourth-order valence-corrected chi connectivity index (χ4v) is 2.46. The predicted octanol–water partition coefficient (Wildman–Crippen LogP) is 3.93. The van der Waals surface area contributed by atoms with Gasteiger partial charge in [-0.05, 0) is 24.3 Å². The molecule has 0 saturated heterocycles. The number of pyridine rings is 1. The zero-order chi connectivity index (χ0) is 15.5. The molecule has 1 aromatic heterocycles. The molecule has 0 unspecified atom stereocenters. The van der Waals surface area contributed by atoms with Gasteiger partial charge in [0.15, 0.2) is 11.5 Å². The Morgan fingerprint density at radius 1 is 0.773 bits per heavy atom. The molecule has 3 rings (SSSR count). The van der Waals surface area contributed by atoms with Crippen molar-refractivity contribution in [1.29, 1.82) is 0 Å². The Bertz CT molecular complexity index is 789. The third-order valence-electron chi connectivity index (χ3n) is 3.56. The number of benzene rings is 2. The lowest BCUT2D eigenvalue weighted by Crippen LogP contribution is -1.96. The number of ether oxygens (including phenoxy) is 3. The molecule has 3 aromatic rings. The second-order valence-electron chi connectivity index (χ2n) is 4.80. The van der Waals surface area contributed by atoms with Crippen molar-refractivity contribution in [3.63, 3.8) is 0 Å². The molecule has 0 bridgehead atoms. The van der Waals surface area contributed by atoms with Crippen LogP contribution >= 0.6 is 0 Å². The van der Waals surface area contributed by atoms with Gasteiger partial charge in [0.05, 0.1) is 32.5 Å². The van der Waals surface area contributed by atoms with Gasteiger partial charge < -0.3 is 14.2 Å². The molecular weight excluding hydrogens is 278 g/mol. The van der Waals surface area contributed by atoms with Crippen molar-refractivity contribution in [2.75, 3.05) is 21.3 Å². The molecule has 0 saturated carbocycles. The van der Waals surface area contributed by atoms with Crippen molar-refractivity contribution in [1.82, 2.24) is 4.98 Å². The molecule has 0 fully saturated rings. The monoisotopic (exact) mass is 295 g/mol. The lowest BCUT2D eigenvalue weighted by Gasteiger charge is -2.14. The second kappa shape index (κ2) is 5.93. The third kappa shape index (κ3) is 2.44. The first-order valence-electron chi connectivity index (χ1n) is 6.93. The number of hydrogen-bond acceptors (Lipinski definition) is 4. The largest absolute Gasteiger partial charge is 0.493 e. The summed E-state index contributed by atoms with van der Waals surface area (Å²) >= 11 is 0. The summed E-state index contributed by atoms with van der Waals surface area (Å²) < 4.78 is 16.1. The average molecular weight is 295 g/mol. The maximum absolute atomic E-state index is 5.40. The molecular formula is C18H17NO3. The molecule has 0 radical (unpaired) electrons. The van der Waals surface area contributed by atoms with Gasteiger partial charge in [-0.25, -0.2) is 4.98 Å². The van der Waals surface area contributed by atoms with E-state index < -0.39 is 0 Å². The van der Waals surface area contributed by atoms with E-state index in [1.807, 2.05) is 42.5 Å². The quantitative estimate of drug-likeness (QED) is 0.731. The molecule has 0 spiro atoms. The summed E-state index contributed by atoms with van der Waals surface area (Å²) in [6.07, 6.45) is 0. The van der Waals surface area contributed by atoms with E-state index in [0.717, 1.165) is 22.2 Å². The minimum absolute atomic E-state index is 0.578. The highest BCUT2D eigenvalue weighted by atomic mass is 16.5. The van der Waals surface area contributed by atoms with Gasteiger partial charge in [-0.1, -0.05) is 24.3 Å². The summed E-state index contributed by atoms with van der Waals surface area (Å²) in [7, 11) is 4.80. The van der Waals surface area contributed by atoms with E-state index in [4.69, 9.17) is 19.2 Å². The van der Waals surface area contributed by atoms with Crippen molar-refractivity contribution >= 4 is 10.9 Å². The van der Waals surface area contributed by atoms with Crippen LogP contribution in [0.15, 0.2) is 48.5 Å². The van der Waals surface area contributed by atoms with Crippen molar-refractivity contribution < 1.29 is 14.2 Å². The first-order chi connectivity index (χ1) is 10.8. The first kappa shape index (κ1) is 14.2. The van der Waals surface area contributed by atoms with Gasteiger partial charge in [0.2, 0.25) is 5.75 Å². The summed E-state index contributed by atoms with van der Waals surface area (Å²) in [5.74, 6) is 1.81. The molecule has 0 aliphatic rings. The van der Waals surface area contributed by atoms with E-state index in [9.17, 15) is 0 Å².